The van der Waals surface area contributed by atoms with Gasteiger partial charge in [-0.3, -0.25) is 4.79 Å². The molecule has 0 saturated heterocycles. The molecule has 2 rings (SSSR count). The Morgan fingerprint density at radius 1 is 1.17 bits per heavy atom. The van der Waals surface area contributed by atoms with Gasteiger partial charge in [0, 0.05) is 6.42 Å². The number of ether oxygens (including phenoxy) is 2. The van der Waals surface area contributed by atoms with Gasteiger partial charge in [-0.2, -0.15) is 13.2 Å². The summed E-state index contributed by atoms with van der Waals surface area (Å²) in [6.45, 7) is 3.20. The molecule has 9 heteroatoms. The van der Waals surface area contributed by atoms with Gasteiger partial charge in [0.1, 0.15) is 18.5 Å². The van der Waals surface area contributed by atoms with Crippen LogP contribution in [0.3, 0.4) is 0 Å². The lowest BCUT2D eigenvalue weighted by atomic mass is 9.86. The number of carbonyl (C=O) groups is 1. The number of esters is 1. The van der Waals surface area contributed by atoms with Gasteiger partial charge in [0.2, 0.25) is 0 Å². The minimum atomic E-state index is -4.50. The Morgan fingerprint density at radius 3 is 2.57 bits per heavy atom. The molecule has 5 atom stereocenters. The maximum Gasteiger partial charge on any atom is 0.416 e. The van der Waals surface area contributed by atoms with E-state index in [1.54, 1.807) is 13.8 Å². The van der Waals surface area contributed by atoms with E-state index in [2.05, 4.69) is 0 Å². The third kappa shape index (κ3) is 10.2. The fourth-order valence-corrected chi connectivity index (χ4v) is 4.37. The van der Waals surface area contributed by atoms with Crippen LogP contribution in [0.1, 0.15) is 64.4 Å². The molecule has 1 aliphatic carbocycles. The summed E-state index contributed by atoms with van der Waals surface area (Å²) >= 11 is 0. The van der Waals surface area contributed by atoms with Crippen molar-refractivity contribution in [1.82, 2.24) is 0 Å². The quantitative estimate of drug-likeness (QED) is 0.158. The summed E-state index contributed by atoms with van der Waals surface area (Å²) in [4.78, 5) is 11.5. The minimum Gasteiger partial charge on any atom is -0.491 e. The Bertz CT molecular complexity index is 811. The molecule has 0 heterocycles. The van der Waals surface area contributed by atoms with Crippen LogP contribution >= 0.6 is 0 Å². The summed E-state index contributed by atoms with van der Waals surface area (Å²) < 4.78 is 63.1. The van der Waals surface area contributed by atoms with Crippen molar-refractivity contribution in [2.24, 2.45) is 11.8 Å². The highest BCUT2D eigenvalue weighted by atomic mass is 19.4. The van der Waals surface area contributed by atoms with Crippen molar-refractivity contribution < 1.29 is 42.0 Å². The SMILES string of the molecule is CC(C)OC(=O)CCC/C=C\C[C@@H]1[C@@H](CC[C@@H](F)COc2cccc(C(F)(F)F)c2)[C@H](O)C[C@@H]1O. The molecule has 2 N–H and O–H groups in total. The Kier molecular flexibility index (Phi) is 11.5. The third-order valence-corrected chi connectivity index (χ3v) is 6.12. The number of alkyl halides is 4. The second-order valence-electron chi connectivity index (χ2n) is 9.35. The number of unbranched alkanes of at least 4 members (excludes halogenated alkanes) is 1. The summed E-state index contributed by atoms with van der Waals surface area (Å²) in [7, 11) is 0. The molecule has 0 aromatic heterocycles. The molecular formula is C26H36F4O5. The third-order valence-electron chi connectivity index (χ3n) is 6.12. The number of benzene rings is 1. The van der Waals surface area contributed by atoms with Gasteiger partial charge in [0.15, 0.2) is 0 Å². The van der Waals surface area contributed by atoms with Crippen LogP contribution in [0.5, 0.6) is 5.75 Å². The molecular weight excluding hydrogens is 468 g/mol. The number of aliphatic hydroxyl groups is 2. The van der Waals surface area contributed by atoms with E-state index in [0.29, 0.717) is 32.1 Å². The fourth-order valence-electron chi connectivity index (χ4n) is 4.37. The molecule has 1 aromatic rings. The maximum absolute atomic E-state index is 14.4. The van der Waals surface area contributed by atoms with Gasteiger partial charge in [-0.05, 0) is 82.4 Å². The smallest absolute Gasteiger partial charge is 0.416 e. The number of aliphatic hydroxyl groups excluding tert-OH is 2. The molecule has 0 unspecified atom stereocenters. The van der Waals surface area contributed by atoms with Crippen LogP contribution in [-0.4, -0.2) is 47.3 Å². The zero-order valence-corrected chi connectivity index (χ0v) is 20.2. The molecule has 1 fully saturated rings. The predicted octanol–water partition coefficient (Wildman–Crippen LogP) is 5.63. The summed E-state index contributed by atoms with van der Waals surface area (Å²) in [5.74, 6) is -0.800. The Morgan fingerprint density at radius 2 is 1.89 bits per heavy atom. The normalized spacial score (nSPS) is 23.7. The Balaban J connectivity index is 1.76. The van der Waals surface area contributed by atoms with Gasteiger partial charge in [-0.25, -0.2) is 4.39 Å². The first kappa shape index (κ1) is 29.1. The largest absolute Gasteiger partial charge is 0.491 e. The van der Waals surface area contributed by atoms with Crippen molar-refractivity contribution in [2.75, 3.05) is 6.61 Å². The van der Waals surface area contributed by atoms with Gasteiger partial charge in [-0.15, -0.1) is 0 Å². The van der Waals surface area contributed by atoms with Crippen LogP contribution in [0.4, 0.5) is 17.6 Å². The average Bonchev–Trinajstić information content (AvgIpc) is 3.04. The second kappa shape index (κ2) is 13.8. The molecule has 1 aliphatic rings. The minimum absolute atomic E-state index is 0.0562. The number of rotatable bonds is 13. The van der Waals surface area contributed by atoms with Gasteiger partial charge < -0.3 is 19.7 Å². The van der Waals surface area contributed by atoms with Gasteiger partial charge in [-0.1, -0.05) is 18.2 Å². The molecule has 5 nitrogen and oxygen atoms in total. The molecule has 1 saturated carbocycles. The van der Waals surface area contributed by atoms with Crippen molar-refractivity contribution in [3.05, 3.63) is 42.0 Å². The van der Waals surface area contributed by atoms with Crippen LogP contribution in [-0.2, 0) is 15.7 Å². The predicted molar refractivity (Wildman–Crippen MR) is 124 cm³/mol. The number of carbonyl (C=O) groups excluding carboxylic acids is 1. The van der Waals surface area contributed by atoms with Crippen molar-refractivity contribution >= 4 is 5.97 Å². The molecule has 0 spiro atoms. The molecule has 0 amide bonds. The number of halogens is 4. The zero-order valence-electron chi connectivity index (χ0n) is 20.2. The fraction of sp³-hybridized carbons (Fsp3) is 0.654. The van der Waals surface area contributed by atoms with Gasteiger partial charge in [0.05, 0.1) is 23.9 Å². The molecule has 0 bridgehead atoms. The van der Waals surface area contributed by atoms with E-state index in [9.17, 15) is 32.6 Å². The number of hydrogen-bond acceptors (Lipinski definition) is 5. The zero-order chi connectivity index (χ0) is 26.0. The lowest BCUT2D eigenvalue weighted by Gasteiger charge is -2.23. The van der Waals surface area contributed by atoms with E-state index < -0.39 is 36.7 Å². The summed E-state index contributed by atoms with van der Waals surface area (Å²) in [5.41, 5.74) is -0.861. The van der Waals surface area contributed by atoms with Crippen molar-refractivity contribution in [1.29, 1.82) is 0 Å². The first-order valence-corrected chi connectivity index (χ1v) is 12.1. The van der Waals surface area contributed by atoms with Crippen LogP contribution in [0.25, 0.3) is 0 Å². The van der Waals surface area contributed by atoms with E-state index in [0.717, 1.165) is 12.1 Å². The van der Waals surface area contributed by atoms with E-state index in [4.69, 9.17) is 9.47 Å². The van der Waals surface area contributed by atoms with E-state index in [-0.39, 0.29) is 42.5 Å². The standard InChI is InChI=1S/C26H36F4O5/c1-17(2)35-25(33)11-6-4-3-5-10-21-22(24(32)15-23(21)31)13-12-19(27)16-34-20-9-7-8-18(14-20)26(28,29)30/h3,5,7-9,14,17,19,21-24,31-32H,4,6,10-13,15-16H2,1-2H3/b5-3-/t19-,21-,22-,23+,24-/m1/s1. The number of hydrogen-bond donors (Lipinski definition) is 2. The van der Waals surface area contributed by atoms with Crippen LogP contribution in [0, 0.1) is 11.8 Å². The van der Waals surface area contributed by atoms with Gasteiger partial charge >= 0.3 is 12.1 Å². The number of allylic oxidation sites excluding steroid dienone is 2. The molecule has 1 aromatic carbocycles. The highest BCUT2D eigenvalue weighted by Gasteiger charge is 2.40. The van der Waals surface area contributed by atoms with Crippen molar-refractivity contribution in [3.8, 4) is 5.75 Å². The summed E-state index contributed by atoms with van der Waals surface area (Å²) in [5, 5.41) is 20.7. The van der Waals surface area contributed by atoms with E-state index in [1.807, 2.05) is 12.2 Å². The van der Waals surface area contributed by atoms with Crippen molar-refractivity contribution in [3.63, 3.8) is 0 Å². The Hall–Kier alpha value is -2.13. The lowest BCUT2D eigenvalue weighted by molar-refractivity contribution is -0.147. The lowest BCUT2D eigenvalue weighted by Crippen LogP contribution is -2.24. The van der Waals surface area contributed by atoms with Crippen LogP contribution < -0.4 is 4.74 Å². The molecule has 0 radical (unpaired) electrons. The van der Waals surface area contributed by atoms with Crippen LogP contribution in [0.2, 0.25) is 0 Å². The topological polar surface area (TPSA) is 76.0 Å². The van der Waals surface area contributed by atoms with Gasteiger partial charge in [0.25, 0.3) is 0 Å². The summed E-state index contributed by atoms with van der Waals surface area (Å²) in [6, 6.07) is 4.30. The Labute approximate surface area is 204 Å². The van der Waals surface area contributed by atoms with E-state index in [1.165, 1.54) is 12.1 Å². The second-order valence-corrected chi connectivity index (χ2v) is 9.35. The first-order valence-electron chi connectivity index (χ1n) is 12.1. The maximum atomic E-state index is 14.4. The van der Waals surface area contributed by atoms with Crippen LogP contribution in [0.15, 0.2) is 36.4 Å². The highest BCUT2D eigenvalue weighted by molar-refractivity contribution is 5.69. The van der Waals surface area contributed by atoms with E-state index >= 15 is 0 Å². The molecule has 0 aliphatic heterocycles. The van der Waals surface area contributed by atoms with Crippen molar-refractivity contribution in [2.45, 2.75) is 89.5 Å². The summed E-state index contributed by atoms with van der Waals surface area (Å²) in [6.07, 6.45) is -0.861. The highest BCUT2D eigenvalue weighted by Crippen LogP contribution is 2.38. The molecule has 198 valence electrons. The molecule has 35 heavy (non-hydrogen) atoms. The average molecular weight is 505 g/mol. The first-order chi connectivity index (χ1) is 16.5. The monoisotopic (exact) mass is 504 g/mol.